The minimum absolute atomic E-state index is 0.100. The van der Waals surface area contributed by atoms with E-state index in [-0.39, 0.29) is 28.7 Å². The average Bonchev–Trinajstić information content (AvgIpc) is 3.79. The maximum atomic E-state index is 14.4. The largest absolute Gasteiger partial charge is 0.497 e. The van der Waals surface area contributed by atoms with Crippen molar-refractivity contribution in [2.75, 3.05) is 33.4 Å². The fraction of sp³-hybridized carbons (Fsp3) is 0.343. The average molecular weight is 728 g/mol. The molecule has 2 fully saturated rings. The van der Waals surface area contributed by atoms with Gasteiger partial charge in [-0.05, 0) is 59.7 Å². The number of methoxy groups -OCH3 is 1. The standard InChI is InChI=1S/C35H36F2N3O8PS/c1-47-26-12-9-22(10-13-26)18-27(38-32(41)31-20-24-19-25(11-14-30(24)50-31)35(36,37)49(44,45)46)33(42)40-15-5-8-28(40)34(43)39-16-17-48-29(21-39)23-6-3-2-4-7-23/h2-4,6-7,9-14,19-20,27-29H,5,8,15-18,21H2,1H3,(H,38,41)(H2,44,45,46)/t27?,28-,29-/m0/s1. The number of carbonyl (C=O) groups is 3. The molecule has 2 saturated heterocycles. The molecule has 11 nitrogen and oxygen atoms in total. The van der Waals surface area contributed by atoms with Gasteiger partial charge in [-0.2, -0.15) is 8.78 Å². The van der Waals surface area contributed by atoms with Crippen molar-refractivity contribution in [3.05, 3.63) is 100 Å². The summed E-state index contributed by atoms with van der Waals surface area (Å²) in [5, 5.41) is 3.00. The number of hydrogen-bond acceptors (Lipinski definition) is 7. The molecule has 3 N–H and O–H groups in total. The topological polar surface area (TPSA) is 146 Å². The van der Waals surface area contributed by atoms with Crippen molar-refractivity contribution >= 4 is 46.7 Å². The van der Waals surface area contributed by atoms with Crippen molar-refractivity contribution in [3.8, 4) is 5.75 Å². The quantitative estimate of drug-likeness (QED) is 0.192. The molecule has 1 unspecified atom stereocenters. The van der Waals surface area contributed by atoms with Crippen LogP contribution in [0.5, 0.6) is 5.75 Å². The van der Waals surface area contributed by atoms with Crippen LogP contribution >= 0.6 is 18.9 Å². The number of benzene rings is 3. The number of morpholine rings is 1. The van der Waals surface area contributed by atoms with E-state index in [2.05, 4.69) is 5.32 Å². The molecule has 0 aliphatic carbocycles. The lowest BCUT2D eigenvalue weighted by atomic mass is 10.0. The van der Waals surface area contributed by atoms with Crippen molar-refractivity contribution in [2.24, 2.45) is 0 Å². The van der Waals surface area contributed by atoms with Crippen LogP contribution in [0.2, 0.25) is 0 Å². The zero-order valence-electron chi connectivity index (χ0n) is 27.0. The molecule has 3 amide bonds. The number of rotatable bonds is 10. The highest BCUT2D eigenvalue weighted by Gasteiger charge is 2.50. The molecule has 15 heteroatoms. The van der Waals surface area contributed by atoms with Gasteiger partial charge in [-0.1, -0.05) is 48.5 Å². The van der Waals surface area contributed by atoms with Gasteiger partial charge in [0.15, 0.2) is 0 Å². The van der Waals surface area contributed by atoms with Gasteiger partial charge in [0.1, 0.15) is 23.9 Å². The molecular weight excluding hydrogens is 691 g/mol. The van der Waals surface area contributed by atoms with E-state index in [4.69, 9.17) is 19.3 Å². The Morgan fingerprint density at radius 3 is 2.50 bits per heavy atom. The van der Waals surface area contributed by atoms with Crippen LogP contribution in [-0.2, 0) is 31.0 Å². The van der Waals surface area contributed by atoms with E-state index in [0.29, 0.717) is 49.5 Å². The summed E-state index contributed by atoms with van der Waals surface area (Å²) >= 11 is 0.987. The number of ether oxygens (including phenoxy) is 2. The first-order valence-electron chi connectivity index (χ1n) is 16.0. The van der Waals surface area contributed by atoms with Gasteiger partial charge in [0.2, 0.25) is 11.8 Å². The van der Waals surface area contributed by atoms with Crippen LogP contribution in [0.15, 0.2) is 78.9 Å². The van der Waals surface area contributed by atoms with Gasteiger partial charge < -0.3 is 34.4 Å². The molecule has 6 rings (SSSR count). The lowest BCUT2D eigenvalue weighted by Crippen LogP contribution is -2.56. The summed E-state index contributed by atoms with van der Waals surface area (Å²) in [6.07, 6.45) is 0.889. The van der Waals surface area contributed by atoms with Crippen molar-refractivity contribution in [2.45, 2.75) is 43.1 Å². The molecule has 1 aromatic heterocycles. The van der Waals surface area contributed by atoms with Gasteiger partial charge in [0.25, 0.3) is 5.91 Å². The normalized spacial score (nSPS) is 19.0. The van der Waals surface area contributed by atoms with Crippen molar-refractivity contribution in [1.29, 1.82) is 0 Å². The van der Waals surface area contributed by atoms with Crippen molar-refractivity contribution in [3.63, 3.8) is 0 Å². The minimum Gasteiger partial charge on any atom is -0.497 e. The van der Waals surface area contributed by atoms with Gasteiger partial charge in [0, 0.05) is 29.8 Å². The number of alkyl halides is 2. The number of nitrogens with zero attached hydrogens (tertiary/aromatic N) is 2. The summed E-state index contributed by atoms with van der Waals surface area (Å²) in [5.41, 5.74) is -3.60. The van der Waals surface area contributed by atoms with Crippen LogP contribution < -0.4 is 10.1 Å². The van der Waals surface area contributed by atoms with Crippen molar-refractivity contribution in [1.82, 2.24) is 15.1 Å². The molecule has 2 aliphatic rings. The predicted molar refractivity (Wildman–Crippen MR) is 182 cm³/mol. The third-order valence-electron chi connectivity index (χ3n) is 9.03. The summed E-state index contributed by atoms with van der Waals surface area (Å²) in [6, 6.07) is 19.3. The van der Waals surface area contributed by atoms with Crippen molar-refractivity contribution < 1.29 is 47.0 Å². The SMILES string of the molecule is COc1ccc(CC(NC(=O)c2cc3cc(C(F)(F)P(=O)(O)O)ccc3s2)C(=O)N2CCC[C@H]2C(=O)N2CCO[C@H](c3ccccc3)C2)cc1. The second kappa shape index (κ2) is 14.6. The van der Waals surface area contributed by atoms with E-state index in [9.17, 15) is 27.7 Å². The predicted octanol–water partition coefficient (Wildman–Crippen LogP) is 5.07. The number of hydrogen-bond donors (Lipinski definition) is 3. The van der Waals surface area contributed by atoms with E-state index >= 15 is 0 Å². The Labute approximate surface area is 290 Å². The molecule has 0 spiro atoms. The number of nitrogens with one attached hydrogen (secondary N) is 1. The zero-order valence-corrected chi connectivity index (χ0v) is 28.7. The first-order chi connectivity index (χ1) is 23.9. The lowest BCUT2D eigenvalue weighted by molar-refractivity contribution is -0.149. The molecule has 3 heterocycles. The van der Waals surface area contributed by atoms with E-state index in [1.165, 1.54) is 24.1 Å². The Morgan fingerprint density at radius 1 is 1.06 bits per heavy atom. The van der Waals surface area contributed by atoms with E-state index < -0.39 is 42.7 Å². The Kier molecular flexibility index (Phi) is 10.4. The summed E-state index contributed by atoms with van der Waals surface area (Å²) in [6.45, 7) is 1.42. The second-order valence-corrected chi connectivity index (χ2v) is 15.0. The first kappa shape index (κ1) is 35.6. The second-order valence-electron chi connectivity index (χ2n) is 12.3. The van der Waals surface area contributed by atoms with Gasteiger partial charge in [0.05, 0.1) is 25.1 Å². The zero-order chi connectivity index (χ0) is 35.6. The van der Waals surface area contributed by atoms with Gasteiger partial charge in [-0.25, -0.2) is 0 Å². The molecular formula is C35H36F2N3O8PS. The Morgan fingerprint density at radius 2 is 1.80 bits per heavy atom. The van der Waals surface area contributed by atoms with Crippen LogP contribution in [0, 0.1) is 0 Å². The number of halogens is 2. The van der Waals surface area contributed by atoms with Crippen LogP contribution in [0.3, 0.4) is 0 Å². The monoisotopic (exact) mass is 727 g/mol. The number of fused-ring (bicyclic) bond motifs is 1. The molecule has 2 aliphatic heterocycles. The van der Waals surface area contributed by atoms with Crippen LogP contribution in [0.25, 0.3) is 10.1 Å². The van der Waals surface area contributed by atoms with E-state index in [0.717, 1.165) is 34.6 Å². The molecule has 0 bridgehead atoms. The summed E-state index contributed by atoms with van der Waals surface area (Å²) in [5.74, 6) is -0.633. The molecule has 264 valence electrons. The summed E-state index contributed by atoms with van der Waals surface area (Å²) in [4.78, 5) is 63.6. The fourth-order valence-electron chi connectivity index (χ4n) is 6.35. The van der Waals surface area contributed by atoms with Gasteiger partial charge >= 0.3 is 13.3 Å². The Bertz CT molecular complexity index is 1920. The van der Waals surface area contributed by atoms with Crippen LogP contribution in [0.1, 0.15) is 45.3 Å². The highest BCUT2D eigenvalue weighted by Crippen LogP contribution is 2.59. The van der Waals surface area contributed by atoms with Gasteiger partial charge in [-0.3, -0.25) is 18.9 Å². The van der Waals surface area contributed by atoms with Crippen LogP contribution in [0.4, 0.5) is 8.78 Å². The molecule has 4 aromatic rings. The molecule has 3 atom stereocenters. The summed E-state index contributed by atoms with van der Waals surface area (Å²) in [7, 11) is -4.26. The fourth-order valence-corrected chi connectivity index (χ4v) is 7.78. The molecule has 3 aromatic carbocycles. The minimum atomic E-state index is -5.79. The third-order valence-corrected chi connectivity index (χ3v) is 11.1. The molecule has 50 heavy (non-hydrogen) atoms. The van der Waals surface area contributed by atoms with Crippen LogP contribution in [-0.4, -0.2) is 82.7 Å². The number of thiophene rings is 1. The smallest absolute Gasteiger partial charge is 0.399 e. The van der Waals surface area contributed by atoms with E-state index in [1.54, 1.807) is 29.2 Å². The number of carbonyl (C=O) groups excluding carboxylic acids is 3. The highest BCUT2D eigenvalue weighted by molar-refractivity contribution is 7.52. The summed E-state index contributed by atoms with van der Waals surface area (Å²) < 4.78 is 51.9. The third kappa shape index (κ3) is 7.45. The maximum absolute atomic E-state index is 14.4. The molecule has 0 radical (unpaired) electrons. The highest BCUT2D eigenvalue weighted by atomic mass is 32.1. The Hall–Kier alpha value is -4.20. The first-order valence-corrected chi connectivity index (χ1v) is 18.5. The number of likely N-dealkylation sites (tertiary alicyclic amines) is 1. The number of amides is 3. The molecule has 0 saturated carbocycles. The lowest BCUT2D eigenvalue weighted by Gasteiger charge is -2.37. The van der Waals surface area contributed by atoms with E-state index in [1.807, 2.05) is 30.3 Å². The Balaban J connectivity index is 1.23. The van der Waals surface area contributed by atoms with Gasteiger partial charge in [-0.15, -0.1) is 11.3 Å². The maximum Gasteiger partial charge on any atom is 0.399 e.